The third-order valence-corrected chi connectivity index (χ3v) is 3.72. The van der Waals surface area contributed by atoms with E-state index in [4.69, 9.17) is 17.3 Å². The number of amides is 1. The lowest BCUT2D eigenvalue weighted by atomic mass is 10.0. The quantitative estimate of drug-likeness (QED) is 0.840. The molecule has 0 heterocycles. The zero-order valence-electron chi connectivity index (χ0n) is 13.0. The molecule has 0 saturated heterocycles. The summed E-state index contributed by atoms with van der Waals surface area (Å²) < 4.78 is 0. The number of halogens is 2. The molecule has 6 heteroatoms. The van der Waals surface area contributed by atoms with Crippen LogP contribution >= 0.6 is 24.0 Å². The number of hydrogen-bond donors (Lipinski definition) is 2. The molecular weight excluding hydrogens is 309 g/mol. The molecule has 21 heavy (non-hydrogen) atoms. The van der Waals surface area contributed by atoms with E-state index in [-0.39, 0.29) is 30.3 Å². The average Bonchev–Trinajstić information content (AvgIpc) is 2.39. The van der Waals surface area contributed by atoms with Crippen molar-refractivity contribution in [3.63, 3.8) is 0 Å². The Hall–Kier alpha value is -0.810. The molecule has 0 fully saturated rings. The molecule has 1 aromatic carbocycles. The smallest absolute Gasteiger partial charge is 0.237 e. The number of nitrogens with two attached hydrogens (primary N) is 1. The van der Waals surface area contributed by atoms with Crippen LogP contribution in [0.2, 0.25) is 5.02 Å². The Bertz CT molecular complexity index is 452. The van der Waals surface area contributed by atoms with Crippen molar-refractivity contribution < 1.29 is 4.79 Å². The Labute approximate surface area is 138 Å². The highest BCUT2D eigenvalue weighted by molar-refractivity contribution is 6.31. The van der Waals surface area contributed by atoms with E-state index in [2.05, 4.69) is 5.32 Å². The van der Waals surface area contributed by atoms with Gasteiger partial charge in [-0.15, -0.1) is 12.4 Å². The highest BCUT2D eigenvalue weighted by Gasteiger charge is 2.21. The topological polar surface area (TPSA) is 58.4 Å². The summed E-state index contributed by atoms with van der Waals surface area (Å²) in [7, 11) is 3.92. The van der Waals surface area contributed by atoms with Crippen LogP contribution in [0.5, 0.6) is 0 Å². The Kier molecular flexibility index (Phi) is 8.90. The normalized spacial score (nSPS) is 13.7. The van der Waals surface area contributed by atoms with Gasteiger partial charge in [-0.3, -0.25) is 4.79 Å². The highest BCUT2D eigenvalue weighted by atomic mass is 35.5. The number of hydrogen-bond acceptors (Lipinski definition) is 3. The first-order valence-corrected chi connectivity index (χ1v) is 7.16. The first-order chi connectivity index (χ1) is 9.34. The number of carbonyl (C=O) groups excluding carboxylic acids is 1. The Morgan fingerprint density at radius 1 is 1.33 bits per heavy atom. The molecule has 0 aromatic heterocycles. The van der Waals surface area contributed by atoms with Crippen LogP contribution in [0, 0.1) is 5.92 Å². The first-order valence-electron chi connectivity index (χ1n) is 6.78. The fourth-order valence-electron chi connectivity index (χ4n) is 1.93. The van der Waals surface area contributed by atoms with Gasteiger partial charge in [0.1, 0.15) is 0 Å². The molecule has 1 aromatic rings. The van der Waals surface area contributed by atoms with Gasteiger partial charge in [0.15, 0.2) is 0 Å². The largest absolute Gasteiger partial charge is 0.353 e. The van der Waals surface area contributed by atoms with Crippen LogP contribution in [-0.2, 0) is 4.79 Å². The van der Waals surface area contributed by atoms with Crippen LogP contribution in [0.25, 0.3) is 0 Å². The van der Waals surface area contributed by atoms with Gasteiger partial charge in [0.05, 0.1) is 12.1 Å². The van der Waals surface area contributed by atoms with E-state index in [1.807, 2.05) is 57.1 Å². The predicted octanol–water partition coefficient (Wildman–Crippen LogP) is 2.46. The van der Waals surface area contributed by atoms with Crippen molar-refractivity contribution in [2.45, 2.75) is 25.9 Å². The van der Waals surface area contributed by atoms with Gasteiger partial charge in [-0.25, -0.2) is 0 Å². The lowest BCUT2D eigenvalue weighted by molar-refractivity contribution is -0.123. The van der Waals surface area contributed by atoms with Crippen LogP contribution in [0.3, 0.4) is 0 Å². The fourth-order valence-corrected chi connectivity index (χ4v) is 2.20. The number of likely N-dealkylation sites (N-methyl/N-ethyl adjacent to an activating group) is 1. The molecule has 3 N–H and O–H groups in total. The van der Waals surface area contributed by atoms with Gasteiger partial charge in [0.25, 0.3) is 0 Å². The van der Waals surface area contributed by atoms with Crippen molar-refractivity contribution in [1.82, 2.24) is 10.2 Å². The van der Waals surface area contributed by atoms with Gasteiger partial charge < -0.3 is 16.0 Å². The molecule has 2 atom stereocenters. The minimum Gasteiger partial charge on any atom is -0.353 e. The Balaban J connectivity index is 0.00000400. The molecule has 0 aliphatic heterocycles. The number of nitrogens with zero attached hydrogens (tertiary/aromatic N) is 1. The maximum Gasteiger partial charge on any atom is 0.237 e. The standard InChI is InChI=1S/C15H24ClN3O.ClH/c1-10(2)14(17)15(20)18-9-13(19(3)4)11-7-5-6-8-12(11)16;/h5-8,10,13-14H,9,17H2,1-4H3,(H,18,20);1H/t13?,14-;/m0./s1. The molecule has 1 rings (SSSR count). The summed E-state index contributed by atoms with van der Waals surface area (Å²) in [5.41, 5.74) is 6.84. The third kappa shape index (κ3) is 5.83. The van der Waals surface area contributed by atoms with E-state index in [1.54, 1.807) is 0 Å². The molecule has 0 radical (unpaired) electrons. The fraction of sp³-hybridized carbons (Fsp3) is 0.533. The number of nitrogens with one attached hydrogen (secondary N) is 1. The minimum absolute atomic E-state index is 0. The van der Waals surface area contributed by atoms with Crippen molar-refractivity contribution in [2.75, 3.05) is 20.6 Å². The van der Waals surface area contributed by atoms with Crippen LogP contribution < -0.4 is 11.1 Å². The molecule has 1 amide bonds. The molecule has 0 spiro atoms. The van der Waals surface area contributed by atoms with E-state index in [0.29, 0.717) is 11.6 Å². The molecule has 0 aliphatic carbocycles. The number of rotatable bonds is 6. The SMILES string of the molecule is CC(C)[C@H](N)C(=O)NCC(c1ccccc1Cl)N(C)C.Cl. The maximum absolute atomic E-state index is 11.9. The van der Waals surface area contributed by atoms with Crippen molar-refractivity contribution in [2.24, 2.45) is 11.7 Å². The lowest BCUT2D eigenvalue weighted by Crippen LogP contribution is -2.46. The van der Waals surface area contributed by atoms with Gasteiger partial charge in [-0.1, -0.05) is 43.6 Å². The van der Waals surface area contributed by atoms with Gasteiger partial charge in [-0.2, -0.15) is 0 Å². The lowest BCUT2D eigenvalue weighted by Gasteiger charge is -2.27. The van der Waals surface area contributed by atoms with Crippen molar-refractivity contribution >= 4 is 29.9 Å². The second kappa shape index (κ2) is 9.26. The first kappa shape index (κ1) is 20.2. The van der Waals surface area contributed by atoms with E-state index in [1.165, 1.54) is 0 Å². The summed E-state index contributed by atoms with van der Waals surface area (Å²) in [6, 6.07) is 7.21. The molecule has 0 bridgehead atoms. The van der Waals surface area contributed by atoms with Crippen LogP contribution in [0.1, 0.15) is 25.5 Å². The Morgan fingerprint density at radius 2 is 1.90 bits per heavy atom. The van der Waals surface area contributed by atoms with E-state index < -0.39 is 6.04 Å². The van der Waals surface area contributed by atoms with E-state index >= 15 is 0 Å². The maximum atomic E-state index is 11.9. The number of benzene rings is 1. The highest BCUT2D eigenvalue weighted by Crippen LogP contribution is 2.25. The predicted molar refractivity (Wildman–Crippen MR) is 91.0 cm³/mol. The van der Waals surface area contributed by atoms with Gasteiger partial charge in [0, 0.05) is 11.6 Å². The van der Waals surface area contributed by atoms with Gasteiger partial charge >= 0.3 is 0 Å². The second-order valence-electron chi connectivity index (χ2n) is 5.52. The molecule has 120 valence electrons. The minimum atomic E-state index is -0.482. The zero-order chi connectivity index (χ0) is 15.3. The zero-order valence-corrected chi connectivity index (χ0v) is 14.5. The van der Waals surface area contributed by atoms with Gasteiger partial charge in [0.2, 0.25) is 5.91 Å². The van der Waals surface area contributed by atoms with E-state index in [9.17, 15) is 4.79 Å². The van der Waals surface area contributed by atoms with Crippen LogP contribution in [0.4, 0.5) is 0 Å². The molecule has 0 aliphatic rings. The monoisotopic (exact) mass is 333 g/mol. The van der Waals surface area contributed by atoms with Crippen LogP contribution in [-0.4, -0.2) is 37.5 Å². The molecule has 4 nitrogen and oxygen atoms in total. The van der Waals surface area contributed by atoms with Crippen molar-refractivity contribution in [3.8, 4) is 0 Å². The summed E-state index contributed by atoms with van der Waals surface area (Å²) in [6.07, 6.45) is 0. The van der Waals surface area contributed by atoms with Crippen molar-refractivity contribution in [1.29, 1.82) is 0 Å². The molecular formula is C15H25Cl2N3O. The van der Waals surface area contributed by atoms with Crippen molar-refractivity contribution in [3.05, 3.63) is 34.9 Å². The summed E-state index contributed by atoms with van der Waals surface area (Å²) >= 11 is 6.23. The summed E-state index contributed by atoms with van der Waals surface area (Å²) in [5.74, 6) is -0.00739. The Morgan fingerprint density at radius 3 is 2.38 bits per heavy atom. The van der Waals surface area contributed by atoms with Gasteiger partial charge in [-0.05, 0) is 31.6 Å². The van der Waals surface area contributed by atoms with E-state index in [0.717, 1.165) is 5.56 Å². The van der Waals surface area contributed by atoms with Crippen LogP contribution in [0.15, 0.2) is 24.3 Å². The molecule has 1 unspecified atom stereocenters. The number of carbonyl (C=O) groups is 1. The molecule has 0 saturated carbocycles. The summed E-state index contributed by atoms with van der Waals surface area (Å²) in [6.45, 7) is 4.35. The summed E-state index contributed by atoms with van der Waals surface area (Å²) in [4.78, 5) is 14.0. The second-order valence-corrected chi connectivity index (χ2v) is 5.92. The average molecular weight is 334 g/mol. The summed E-state index contributed by atoms with van der Waals surface area (Å²) in [5, 5.41) is 3.61. The third-order valence-electron chi connectivity index (χ3n) is 3.38.